The Balaban J connectivity index is 1.50. The van der Waals surface area contributed by atoms with Gasteiger partial charge in [-0.1, -0.05) is 42.0 Å². The topological polar surface area (TPSA) is 58.6 Å². The number of alkyl halides is 3. The van der Waals surface area contributed by atoms with Crippen molar-refractivity contribution in [3.8, 4) is 5.75 Å². The van der Waals surface area contributed by atoms with Crippen molar-refractivity contribution in [3.63, 3.8) is 0 Å². The van der Waals surface area contributed by atoms with Gasteiger partial charge in [0.15, 0.2) is 0 Å². The fourth-order valence-electron chi connectivity index (χ4n) is 4.36. The lowest BCUT2D eigenvalue weighted by Gasteiger charge is -2.26. The van der Waals surface area contributed by atoms with Gasteiger partial charge in [-0.25, -0.2) is 0 Å². The van der Waals surface area contributed by atoms with Crippen LogP contribution in [0.3, 0.4) is 0 Å². The maximum absolute atomic E-state index is 13.3. The van der Waals surface area contributed by atoms with Gasteiger partial charge in [0.2, 0.25) is 11.8 Å². The van der Waals surface area contributed by atoms with Crippen LogP contribution in [-0.4, -0.2) is 42.2 Å². The Bertz CT molecular complexity index is 993. The molecule has 1 N–H and O–H groups in total. The highest BCUT2D eigenvalue weighted by Crippen LogP contribution is 2.49. The molecule has 0 spiro atoms. The summed E-state index contributed by atoms with van der Waals surface area (Å²) < 4.78 is 41.3. The fourth-order valence-corrected chi connectivity index (χ4v) is 4.36. The molecule has 1 saturated carbocycles. The highest BCUT2D eigenvalue weighted by atomic mass is 19.4. The number of ether oxygens (including phenoxy) is 1. The minimum atomic E-state index is -4.77. The number of aryl methyl sites for hydroxylation is 1. The van der Waals surface area contributed by atoms with E-state index in [1.807, 2.05) is 31.2 Å². The minimum absolute atomic E-state index is 0.0915. The van der Waals surface area contributed by atoms with Gasteiger partial charge in [-0.15, -0.1) is 13.2 Å². The summed E-state index contributed by atoms with van der Waals surface area (Å²) in [6, 6.07) is 12.6. The normalized spacial score (nSPS) is 18.0. The number of hydrogen-bond donors (Lipinski definition) is 1. The molecule has 0 aromatic heterocycles. The van der Waals surface area contributed by atoms with E-state index < -0.39 is 17.8 Å². The molecule has 8 heteroatoms. The molecule has 0 unspecified atom stereocenters. The smallest absolute Gasteiger partial charge is 0.406 e. The van der Waals surface area contributed by atoms with Gasteiger partial charge in [-0.05, 0) is 55.9 Å². The van der Waals surface area contributed by atoms with Gasteiger partial charge in [0.05, 0.1) is 5.41 Å². The van der Waals surface area contributed by atoms with Gasteiger partial charge in [0.25, 0.3) is 0 Å². The molecule has 1 aliphatic carbocycles. The Morgan fingerprint density at radius 2 is 1.64 bits per heavy atom. The predicted octanol–water partition coefficient (Wildman–Crippen LogP) is 4.28. The Morgan fingerprint density at radius 1 is 1.03 bits per heavy atom. The summed E-state index contributed by atoms with van der Waals surface area (Å²) in [7, 11) is 0. The summed E-state index contributed by atoms with van der Waals surface area (Å²) in [6.45, 7) is 3.36. The zero-order valence-electron chi connectivity index (χ0n) is 18.5. The van der Waals surface area contributed by atoms with Gasteiger partial charge in [0.1, 0.15) is 11.8 Å². The number of hydrogen-bond acceptors (Lipinski definition) is 3. The summed E-state index contributed by atoms with van der Waals surface area (Å²) >= 11 is 0. The number of halogens is 3. The van der Waals surface area contributed by atoms with E-state index in [1.54, 1.807) is 4.90 Å². The van der Waals surface area contributed by atoms with E-state index in [4.69, 9.17) is 0 Å². The Kier molecular flexibility index (Phi) is 6.36. The Morgan fingerprint density at radius 3 is 2.18 bits per heavy atom. The van der Waals surface area contributed by atoms with Gasteiger partial charge in [0, 0.05) is 19.5 Å². The first-order valence-corrected chi connectivity index (χ1v) is 11.2. The number of likely N-dealkylation sites (tertiary alicyclic amines) is 1. The van der Waals surface area contributed by atoms with Gasteiger partial charge >= 0.3 is 6.36 Å². The van der Waals surface area contributed by atoms with Crippen molar-refractivity contribution in [2.45, 2.75) is 56.8 Å². The number of nitrogens with zero attached hydrogens (tertiary/aromatic N) is 1. The van der Waals surface area contributed by atoms with Crippen LogP contribution in [0.4, 0.5) is 13.2 Å². The molecule has 1 heterocycles. The van der Waals surface area contributed by atoms with Crippen LogP contribution in [0, 0.1) is 6.92 Å². The SMILES string of the molecule is Cc1ccc(C[C@H](NC(=O)C2(c3ccc(OC(F)(F)F)cc3)CC2)C(=O)N2CCCC2)cc1. The van der Waals surface area contributed by atoms with Gasteiger partial charge < -0.3 is 15.0 Å². The van der Waals surface area contributed by atoms with Gasteiger partial charge in [-0.2, -0.15) is 0 Å². The second-order valence-corrected chi connectivity index (χ2v) is 8.90. The maximum Gasteiger partial charge on any atom is 0.573 e. The van der Waals surface area contributed by atoms with Crippen molar-refractivity contribution >= 4 is 11.8 Å². The number of nitrogens with one attached hydrogen (secondary N) is 1. The standard InChI is InChI=1S/C25H27F3N2O3/c1-17-4-6-18(7-5-17)16-21(22(31)30-14-2-3-15-30)29-23(32)24(12-13-24)19-8-10-20(11-9-19)33-25(26,27)28/h4-11,21H,2-3,12-16H2,1H3,(H,29,32)/t21-/m0/s1. The van der Waals surface area contributed by atoms with Crippen molar-refractivity contribution in [3.05, 3.63) is 65.2 Å². The van der Waals surface area contributed by atoms with E-state index in [1.165, 1.54) is 24.3 Å². The van der Waals surface area contributed by atoms with Crippen LogP contribution >= 0.6 is 0 Å². The number of benzene rings is 2. The maximum atomic E-state index is 13.3. The van der Waals surface area contributed by atoms with E-state index >= 15 is 0 Å². The molecule has 0 bridgehead atoms. The first kappa shape index (κ1) is 23.1. The van der Waals surface area contributed by atoms with Crippen molar-refractivity contribution < 1.29 is 27.5 Å². The molecule has 0 radical (unpaired) electrons. The third-order valence-electron chi connectivity index (χ3n) is 6.41. The molecular formula is C25H27F3N2O3. The highest BCUT2D eigenvalue weighted by molar-refractivity contribution is 5.95. The molecule has 33 heavy (non-hydrogen) atoms. The summed E-state index contributed by atoms with van der Waals surface area (Å²) in [4.78, 5) is 28.3. The molecule has 2 fully saturated rings. The van der Waals surface area contributed by atoms with Crippen LogP contribution in [0.25, 0.3) is 0 Å². The first-order chi connectivity index (χ1) is 15.7. The monoisotopic (exact) mass is 460 g/mol. The highest BCUT2D eigenvalue weighted by Gasteiger charge is 2.52. The van der Waals surface area contributed by atoms with Crippen molar-refractivity contribution in [1.82, 2.24) is 10.2 Å². The largest absolute Gasteiger partial charge is 0.573 e. The third-order valence-corrected chi connectivity index (χ3v) is 6.41. The summed E-state index contributed by atoms with van der Waals surface area (Å²) in [5.41, 5.74) is 1.86. The molecule has 1 aliphatic heterocycles. The Labute approximate surface area is 190 Å². The lowest BCUT2D eigenvalue weighted by molar-refractivity contribution is -0.274. The molecule has 176 valence electrons. The Hall–Kier alpha value is -3.03. The fraction of sp³-hybridized carbons (Fsp3) is 0.440. The summed E-state index contributed by atoms with van der Waals surface area (Å²) in [6.07, 6.45) is -1.33. The third kappa shape index (κ3) is 5.49. The zero-order valence-corrected chi connectivity index (χ0v) is 18.5. The molecule has 2 aliphatic rings. The first-order valence-electron chi connectivity index (χ1n) is 11.2. The van der Waals surface area contributed by atoms with Crippen LogP contribution in [0.2, 0.25) is 0 Å². The summed E-state index contributed by atoms with van der Waals surface area (Å²) in [5.74, 6) is -0.688. The lowest BCUT2D eigenvalue weighted by atomic mass is 9.93. The van der Waals surface area contributed by atoms with Crippen LogP contribution in [-0.2, 0) is 21.4 Å². The average molecular weight is 460 g/mol. The number of amides is 2. The van der Waals surface area contributed by atoms with E-state index in [0.29, 0.717) is 37.9 Å². The second-order valence-electron chi connectivity index (χ2n) is 8.90. The van der Waals surface area contributed by atoms with E-state index in [0.717, 1.165) is 24.0 Å². The van der Waals surface area contributed by atoms with Crippen LogP contribution in [0.5, 0.6) is 5.75 Å². The van der Waals surface area contributed by atoms with E-state index in [-0.39, 0.29) is 17.6 Å². The number of carbonyl (C=O) groups is 2. The van der Waals surface area contributed by atoms with Gasteiger partial charge in [-0.3, -0.25) is 9.59 Å². The van der Waals surface area contributed by atoms with Crippen LogP contribution in [0.15, 0.2) is 48.5 Å². The predicted molar refractivity (Wildman–Crippen MR) is 117 cm³/mol. The zero-order chi connectivity index (χ0) is 23.6. The minimum Gasteiger partial charge on any atom is -0.406 e. The molecular weight excluding hydrogens is 433 g/mol. The molecule has 5 nitrogen and oxygen atoms in total. The molecule has 1 atom stereocenters. The van der Waals surface area contributed by atoms with Crippen LogP contribution < -0.4 is 10.1 Å². The van der Waals surface area contributed by atoms with Crippen molar-refractivity contribution in [1.29, 1.82) is 0 Å². The average Bonchev–Trinajstić information content (AvgIpc) is 3.40. The molecule has 4 rings (SSSR count). The molecule has 1 saturated heterocycles. The van der Waals surface area contributed by atoms with Crippen LogP contribution in [0.1, 0.15) is 42.4 Å². The quantitative estimate of drug-likeness (QED) is 0.671. The number of rotatable bonds is 7. The second kappa shape index (κ2) is 9.08. The van der Waals surface area contributed by atoms with E-state index in [2.05, 4.69) is 10.1 Å². The summed E-state index contributed by atoms with van der Waals surface area (Å²) in [5, 5.41) is 2.97. The lowest BCUT2D eigenvalue weighted by Crippen LogP contribution is -2.51. The van der Waals surface area contributed by atoms with Crippen molar-refractivity contribution in [2.24, 2.45) is 0 Å². The van der Waals surface area contributed by atoms with Crippen molar-refractivity contribution in [2.75, 3.05) is 13.1 Å². The molecule has 2 amide bonds. The number of carbonyl (C=O) groups excluding carboxylic acids is 2. The molecule has 2 aromatic rings. The van der Waals surface area contributed by atoms with E-state index in [9.17, 15) is 22.8 Å². The molecule has 2 aromatic carbocycles.